The molecule has 1 heterocycles. The molecule has 0 aliphatic rings. The summed E-state index contributed by atoms with van der Waals surface area (Å²) in [4.78, 5) is 0. The maximum absolute atomic E-state index is 12.8. The highest BCUT2D eigenvalue weighted by Gasteiger charge is 2.05. The van der Waals surface area contributed by atoms with E-state index >= 15 is 0 Å². The summed E-state index contributed by atoms with van der Waals surface area (Å²) in [7, 11) is 1.87. The highest BCUT2D eigenvalue weighted by molar-refractivity contribution is 7.80. The number of anilines is 1. The number of aryl methyl sites for hydroxylation is 1. The second kappa shape index (κ2) is 5.79. The molecule has 0 fully saturated rings. The highest BCUT2D eigenvalue weighted by Crippen LogP contribution is 2.11. The van der Waals surface area contributed by atoms with Gasteiger partial charge in [0, 0.05) is 13.6 Å². The summed E-state index contributed by atoms with van der Waals surface area (Å²) in [5.74, 6) is -0.240. The first-order valence-corrected chi connectivity index (χ1v) is 6.25. The third-order valence-electron chi connectivity index (χ3n) is 2.85. The zero-order valence-corrected chi connectivity index (χ0v) is 11.6. The van der Waals surface area contributed by atoms with Crippen molar-refractivity contribution in [2.75, 3.05) is 5.32 Å². The minimum Gasteiger partial charge on any atom is -0.358 e. The molecule has 0 aliphatic heterocycles. The van der Waals surface area contributed by atoms with E-state index in [0.29, 0.717) is 11.7 Å². The average molecular weight is 278 g/mol. The molecule has 0 saturated carbocycles. The first kappa shape index (κ1) is 13.5. The van der Waals surface area contributed by atoms with E-state index in [0.717, 1.165) is 16.9 Å². The van der Waals surface area contributed by atoms with Crippen LogP contribution in [0.4, 0.5) is 10.1 Å². The maximum Gasteiger partial charge on any atom is 0.171 e. The Morgan fingerprint density at radius 2 is 2.05 bits per heavy atom. The molecular formula is C13H15FN4S. The quantitative estimate of drug-likeness (QED) is 0.846. The summed E-state index contributed by atoms with van der Waals surface area (Å²) < 4.78 is 14.5. The summed E-state index contributed by atoms with van der Waals surface area (Å²) in [6.45, 7) is 2.50. The fourth-order valence-electron chi connectivity index (χ4n) is 1.57. The molecule has 4 nitrogen and oxygen atoms in total. The van der Waals surface area contributed by atoms with Crippen LogP contribution in [0.25, 0.3) is 0 Å². The van der Waals surface area contributed by atoms with Crippen molar-refractivity contribution in [3.05, 3.63) is 47.5 Å². The highest BCUT2D eigenvalue weighted by atomic mass is 32.1. The minimum atomic E-state index is -0.240. The van der Waals surface area contributed by atoms with Gasteiger partial charge in [-0.3, -0.25) is 4.68 Å². The molecule has 100 valence electrons. The Hall–Kier alpha value is -1.95. The van der Waals surface area contributed by atoms with Gasteiger partial charge in [0.25, 0.3) is 0 Å². The van der Waals surface area contributed by atoms with Gasteiger partial charge in [-0.2, -0.15) is 5.10 Å². The van der Waals surface area contributed by atoms with Gasteiger partial charge in [-0.25, -0.2) is 4.39 Å². The molecule has 19 heavy (non-hydrogen) atoms. The number of halogens is 1. The van der Waals surface area contributed by atoms with E-state index < -0.39 is 0 Å². The van der Waals surface area contributed by atoms with Crippen molar-refractivity contribution in [2.45, 2.75) is 13.5 Å². The normalized spacial score (nSPS) is 10.3. The van der Waals surface area contributed by atoms with Crippen LogP contribution in [0.5, 0.6) is 0 Å². The van der Waals surface area contributed by atoms with Gasteiger partial charge in [-0.05, 0) is 36.8 Å². The van der Waals surface area contributed by atoms with Crippen molar-refractivity contribution in [1.82, 2.24) is 15.1 Å². The Morgan fingerprint density at radius 3 is 2.63 bits per heavy atom. The van der Waals surface area contributed by atoms with E-state index in [-0.39, 0.29) is 5.82 Å². The van der Waals surface area contributed by atoms with Gasteiger partial charge < -0.3 is 10.6 Å². The van der Waals surface area contributed by atoms with Crippen LogP contribution in [-0.2, 0) is 13.6 Å². The number of hydrogen-bond acceptors (Lipinski definition) is 2. The Bertz CT molecular complexity index is 577. The Morgan fingerprint density at radius 1 is 1.37 bits per heavy atom. The Kier molecular flexibility index (Phi) is 4.11. The Labute approximate surface area is 116 Å². The van der Waals surface area contributed by atoms with E-state index in [1.807, 2.05) is 14.0 Å². The molecule has 0 amide bonds. The fourth-order valence-corrected chi connectivity index (χ4v) is 1.75. The van der Waals surface area contributed by atoms with Gasteiger partial charge in [0.2, 0.25) is 0 Å². The van der Waals surface area contributed by atoms with Crippen molar-refractivity contribution < 1.29 is 4.39 Å². The smallest absolute Gasteiger partial charge is 0.171 e. The van der Waals surface area contributed by atoms with E-state index in [9.17, 15) is 4.39 Å². The number of rotatable bonds is 3. The molecule has 0 atom stereocenters. The van der Waals surface area contributed by atoms with Crippen molar-refractivity contribution in [3.8, 4) is 0 Å². The molecule has 0 aliphatic carbocycles. The van der Waals surface area contributed by atoms with Crippen LogP contribution in [0.15, 0.2) is 30.5 Å². The van der Waals surface area contributed by atoms with Gasteiger partial charge in [0.15, 0.2) is 5.11 Å². The van der Waals surface area contributed by atoms with Crippen LogP contribution in [0.1, 0.15) is 11.3 Å². The average Bonchev–Trinajstić information content (AvgIpc) is 2.70. The third kappa shape index (κ3) is 3.51. The SMILES string of the molecule is Cc1c(NC(=S)NCc2ccc(F)cc2)cnn1C. The van der Waals surface area contributed by atoms with E-state index in [2.05, 4.69) is 15.7 Å². The topological polar surface area (TPSA) is 41.9 Å². The lowest BCUT2D eigenvalue weighted by Gasteiger charge is -2.10. The number of hydrogen-bond donors (Lipinski definition) is 2. The number of benzene rings is 1. The number of nitrogens with zero attached hydrogens (tertiary/aromatic N) is 2. The zero-order valence-electron chi connectivity index (χ0n) is 10.8. The third-order valence-corrected chi connectivity index (χ3v) is 3.10. The second-order valence-electron chi connectivity index (χ2n) is 4.20. The van der Waals surface area contributed by atoms with E-state index in [4.69, 9.17) is 12.2 Å². The minimum absolute atomic E-state index is 0.240. The lowest BCUT2D eigenvalue weighted by Crippen LogP contribution is -2.28. The molecule has 2 rings (SSSR count). The number of nitrogens with one attached hydrogen (secondary N) is 2. The van der Waals surface area contributed by atoms with E-state index in [1.54, 1.807) is 23.0 Å². The molecule has 0 saturated heterocycles. The first-order valence-electron chi connectivity index (χ1n) is 5.84. The van der Waals surface area contributed by atoms with Crippen molar-refractivity contribution in [3.63, 3.8) is 0 Å². The summed E-state index contributed by atoms with van der Waals surface area (Å²) in [6.07, 6.45) is 1.72. The molecule has 0 spiro atoms. The zero-order chi connectivity index (χ0) is 13.8. The molecule has 2 N–H and O–H groups in total. The van der Waals surface area contributed by atoms with Crippen LogP contribution in [0.3, 0.4) is 0 Å². The molecule has 1 aromatic carbocycles. The van der Waals surface area contributed by atoms with Crippen molar-refractivity contribution >= 4 is 23.0 Å². The molecule has 1 aromatic heterocycles. The molecular weight excluding hydrogens is 263 g/mol. The lowest BCUT2D eigenvalue weighted by molar-refractivity contribution is 0.627. The Balaban J connectivity index is 1.88. The molecule has 0 radical (unpaired) electrons. The molecule has 0 unspecified atom stereocenters. The fraction of sp³-hybridized carbons (Fsp3) is 0.231. The lowest BCUT2D eigenvalue weighted by atomic mass is 10.2. The van der Waals surface area contributed by atoms with Gasteiger partial charge in [-0.1, -0.05) is 12.1 Å². The molecule has 2 aromatic rings. The summed E-state index contributed by atoms with van der Waals surface area (Å²) in [6, 6.07) is 6.30. The van der Waals surface area contributed by atoms with E-state index in [1.165, 1.54) is 12.1 Å². The standard InChI is InChI=1S/C13H15FN4S/c1-9-12(8-16-18(9)2)17-13(19)15-7-10-3-5-11(14)6-4-10/h3-6,8H,7H2,1-2H3,(H2,15,17,19). The number of thiocarbonyl (C=S) groups is 1. The van der Waals surface area contributed by atoms with Gasteiger partial charge in [0.05, 0.1) is 17.6 Å². The van der Waals surface area contributed by atoms with Crippen LogP contribution in [0.2, 0.25) is 0 Å². The van der Waals surface area contributed by atoms with Gasteiger partial charge in [0.1, 0.15) is 5.82 Å². The van der Waals surface area contributed by atoms with Crippen molar-refractivity contribution in [1.29, 1.82) is 0 Å². The molecule has 6 heteroatoms. The monoisotopic (exact) mass is 278 g/mol. The van der Waals surface area contributed by atoms with Crippen molar-refractivity contribution in [2.24, 2.45) is 7.05 Å². The summed E-state index contributed by atoms with van der Waals surface area (Å²) >= 11 is 5.20. The van der Waals surface area contributed by atoms with Crippen LogP contribution < -0.4 is 10.6 Å². The van der Waals surface area contributed by atoms with Crippen LogP contribution >= 0.6 is 12.2 Å². The first-order chi connectivity index (χ1) is 9.06. The summed E-state index contributed by atoms with van der Waals surface area (Å²) in [5, 5.41) is 10.8. The second-order valence-corrected chi connectivity index (χ2v) is 4.61. The number of aromatic nitrogens is 2. The van der Waals surface area contributed by atoms with Gasteiger partial charge in [-0.15, -0.1) is 0 Å². The largest absolute Gasteiger partial charge is 0.358 e. The molecule has 0 bridgehead atoms. The van der Waals surface area contributed by atoms with Crippen LogP contribution in [-0.4, -0.2) is 14.9 Å². The maximum atomic E-state index is 12.8. The predicted octanol–water partition coefficient (Wildman–Crippen LogP) is 2.35. The predicted molar refractivity (Wildman–Crippen MR) is 77.4 cm³/mol. The van der Waals surface area contributed by atoms with Crippen LogP contribution in [0, 0.1) is 12.7 Å². The van der Waals surface area contributed by atoms with Gasteiger partial charge >= 0.3 is 0 Å². The summed E-state index contributed by atoms with van der Waals surface area (Å²) in [5.41, 5.74) is 2.85.